The largest absolute Gasteiger partial charge is 0.480 e. The zero-order chi connectivity index (χ0) is 25.5. The summed E-state index contributed by atoms with van der Waals surface area (Å²) in [5.74, 6) is -3.84. The molecule has 0 bridgehead atoms. The molecule has 0 heterocycles. The predicted molar refractivity (Wildman–Crippen MR) is 133 cm³/mol. The van der Waals surface area contributed by atoms with E-state index in [9.17, 15) is 28.2 Å². The Morgan fingerprint density at radius 2 is 1.43 bits per heavy atom. The molecule has 0 radical (unpaired) electrons. The van der Waals surface area contributed by atoms with E-state index in [-0.39, 0.29) is 16.3 Å². The molecule has 7 nitrogen and oxygen atoms in total. The number of carboxylic acids is 2. The molecule has 0 aromatic heterocycles. The summed E-state index contributed by atoms with van der Waals surface area (Å²) in [5.41, 5.74) is -0.195. The van der Waals surface area contributed by atoms with Gasteiger partial charge in [0, 0.05) is 21.0 Å². The Morgan fingerprint density at radius 1 is 0.886 bits per heavy atom. The monoisotopic (exact) mass is 553 g/mol. The molecule has 1 aliphatic rings. The third-order valence-electron chi connectivity index (χ3n) is 5.98. The molecule has 3 aromatic rings. The van der Waals surface area contributed by atoms with E-state index in [0.717, 1.165) is 5.56 Å². The summed E-state index contributed by atoms with van der Waals surface area (Å²) in [7, 11) is -4.53. The van der Waals surface area contributed by atoms with Crippen molar-refractivity contribution < 1.29 is 28.2 Å². The van der Waals surface area contributed by atoms with Gasteiger partial charge in [-0.2, -0.15) is 4.31 Å². The average molecular weight is 555 g/mol. The summed E-state index contributed by atoms with van der Waals surface area (Å²) in [6.07, 6.45) is -0.155. The number of hydrogen-bond donors (Lipinski definition) is 2. The molecule has 0 unspecified atom stereocenters. The molecular formula is C24H18Cl3NO6S. The number of benzene rings is 3. The summed E-state index contributed by atoms with van der Waals surface area (Å²) >= 11 is 18.2. The highest BCUT2D eigenvalue weighted by Crippen LogP contribution is 2.58. The number of sulfonamides is 1. The Labute approximate surface area is 216 Å². The van der Waals surface area contributed by atoms with Crippen LogP contribution < -0.4 is 0 Å². The number of carbonyl (C=O) groups is 2. The molecule has 0 amide bonds. The number of carboxylic acid groups (broad SMARTS) is 2. The lowest BCUT2D eigenvalue weighted by molar-refractivity contribution is -0.145. The topological polar surface area (TPSA) is 112 Å². The Hall–Kier alpha value is -2.62. The zero-order valence-corrected chi connectivity index (χ0v) is 20.9. The molecule has 2 atom stereocenters. The van der Waals surface area contributed by atoms with Gasteiger partial charge < -0.3 is 10.2 Å². The van der Waals surface area contributed by atoms with Gasteiger partial charge in [-0.1, -0.05) is 59.1 Å². The van der Waals surface area contributed by atoms with Crippen LogP contribution in [0.25, 0.3) is 11.1 Å². The molecule has 182 valence electrons. The number of rotatable bonds is 8. The Kier molecular flexibility index (Phi) is 6.87. The first-order valence-corrected chi connectivity index (χ1v) is 12.8. The highest BCUT2D eigenvalue weighted by atomic mass is 35.5. The van der Waals surface area contributed by atoms with Crippen molar-refractivity contribution in [2.75, 3.05) is 6.54 Å². The fourth-order valence-electron chi connectivity index (χ4n) is 4.17. The standard InChI is InChI=1S/C24H18Cl3NO6S/c25-16-5-1-14(2-6-16)15-3-8-18(9-4-15)35(33,34)28(13-22(29)30)24(23(31)32)12-20(24)19-11-17(26)7-10-21(19)27/h1-11,20H,12-13H2,(H,29,30)(H,31,32)/t20-,24+/m0/s1. The van der Waals surface area contributed by atoms with Crippen LogP contribution in [-0.2, 0) is 19.6 Å². The van der Waals surface area contributed by atoms with Crippen LogP contribution in [0.15, 0.2) is 71.6 Å². The van der Waals surface area contributed by atoms with E-state index in [1.165, 1.54) is 30.3 Å². The minimum absolute atomic E-state index is 0.155. The Morgan fingerprint density at radius 3 is 1.97 bits per heavy atom. The summed E-state index contributed by atoms with van der Waals surface area (Å²) in [6, 6.07) is 17.1. The molecule has 35 heavy (non-hydrogen) atoms. The van der Waals surface area contributed by atoms with Crippen LogP contribution in [0, 0.1) is 0 Å². The van der Waals surface area contributed by atoms with E-state index in [4.69, 9.17) is 34.8 Å². The van der Waals surface area contributed by atoms with Crippen molar-refractivity contribution in [1.29, 1.82) is 0 Å². The molecule has 1 fully saturated rings. The predicted octanol–water partition coefficient (Wildman–Crippen LogP) is 5.40. The van der Waals surface area contributed by atoms with Crippen molar-refractivity contribution in [3.63, 3.8) is 0 Å². The highest BCUT2D eigenvalue weighted by molar-refractivity contribution is 7.89. The maximum atomic E-state index is 13.6. The first kappa shape index (κ1) is 25.5. The van der Waals surface area contributed by atoms with Crippen LogP contribution in [0.4, 0.5) is 0 Å². The Bertz CT molecular complexity index is 1410. The third kappa shape index (κ3) is 4.77. The van der Waals surface area contributed by atoms with E-state index in [2.05, 4.69) is 0 Å². The first-order valence-electron chi connectivity index (χ1n) is 10.3. The fourth-order valence-corrected chi connectivity index (χ4v) is 6.45. The van der Waals surface area contributed by atoms with Crippen molar-refractivity contribution in [3.05, 3.63) is 87.4 Å². The van der Waals surface area contributed by atoms with Crippen LogP contribution in [-0.4, -0.2) is 47.0 Å². The molecule has 4 rings (SSSR count). The SMILES string of the molecule is O=C(O)CN([C@]1(C(=O)O)C[C@H]1c1cc(Cl)ccc1Cl)S(=O)(=O)c1ccc(-c2ccc(Cl)cc2)cc1. The van der Waals surface area contributed by atoms with Gasteiger partial charge in [-0.05, 0) is 65.6 Å². The average Bonchev–Trinajstić information content (AvgIpc) is 3.56. The number of aliphatic carboxylic acids is 2. The van der Waals surface area contributed by atoms with Gasteiger partial charge in [-0.15, -0.1) is 0 Å². The van der Waals surface area contributed by atoms with Gasteiger partial charge in [0.05, 0.1) is 4.90 Å². The molecule has 1 aliphatic carbocycles. The van der Waals surface area contributed by atoms with Gasteiger partial charge in [0.25, 0.3) is 0 Å². The fraction of sp³-hybridized carbons (Fsp3) is 0.167. The molecule has 0 aliphatic heterocycles. The van der Waals surface area contributed by atoms with Crippen molar-refractivity contribution in [2.24, 2.45) is 0 Å². The lowest BCUT2D eigenvalue weighted by Gasteiger charge is -2.28. The van der Waals surface area contributed by atoms with Gasteiger partial charge in [0.15, 0.2) is 0 Å². The van der Waals surface area contributed by atoms with E-state index in [1.807, 2.05) is 0 Å². The van der Waals surface area contributed by atoms with Crippen molar-refractivity contribution in [1.82, 2.24) is 4.31 Å². The van der Waals surface area contributed by atoms with E-state index in [1.54, 1.807) is 36.4 Å². The normalized spacial score (nSPS) is 19.5. The van der Waals surface area contributed by atoms with Crippen molar-refractivity contribution in [3.8, 4) is 11.1 Å². The van der Waals surface area contributed by atoms with Gasteiger partial charge in [-0.25, -0.2) is 8.42 Å². The quantitative estimate of drug-likeness (QED) is 0.386. The third-order valence-corrected chi connectivity index (χ3v) is 8.71. The number of halogens is 3. The summed E-state index contributed by atoms with van der Waals surface area (Å²) in [4.78, 5) is 23.9. The molecule has 0 saturated heterocycles. The smallest absolute Gasteiger partial charge is 0.325 e. The molecular weight excluding hydrogens is 537 g/mol. The van der Waals surface area contributed by atoms with Gasteiger partial charge >= 0.3 is 11.9 Å². The maximum Gasteiger partial charge on any atom is 0.325 e. The maximum absolute atomic E-state index is 13.6. The second-order valence-corrected chi connectivity index (χ2v) is 11.2. The lowest BCUT2D eigenvalue weighted by atomic mass is 10.1. The van der Waals surface area contributed by atoms with Crippen LogP contribution in [0.5, 0.6) is 0 Å². The van der Waals surface area contributed by atoms with Crippen LogP contribution in [0.1, 0.15) is 17.9 Å². The van der Waals surface area contributed by atoms with E-state index < -0.39 is 40.0 Å². The Balaban J connectivity index is 1.75. The second-order valence-electron chi connectivity index (χ2n) is 8.09. The molecule has 11 heteroatoms. The van der Waals surface area contributed by atoms with Gasteiger partial charge in [0.1, 0.15) is 12.1 Å². The second kappa shape index (κ2) is 9.44. The molecule has 0 spiro atoms. The molecule has 1 saturated carbocycles. The van der Waals surface area contributed by atoms with Gasteiger partial charge in [0.2, 0.25) is 10.0 Å². The lowest BCUT2D eigenvalue weighted by Crippen LogP contribution is -2.50. The zero-order valence-electron chi connectivity index (χ0n) is 17.9. The molecule has 3 aromatic carbocycles. The summed E-state index contributed by atoms with van der Waals surface area (Å²) in [6.45, 7) is -1.04. The van der Waals surface area contributed by atoms with Crippen molar-refractivity contribution in [2.45, 2.75) is 22.8 Å². The number of hydrogen-bond acceptors (Lipinski definition) is 4. The van der Waals surface area contributed by atoms with E-state index >= 15 is 0 Å². The van der Waals surface area contributed by atoms with E-state index in [0.29, 0.717) is 25.5 Å². The summed E-state index contributed by atoms with van der Waals surface area (Å²) in [5, 5.41) is 20.7. The highest BCUT2D eigenvalue weighted by Gasteiger charge is 2.68. The van der Waals surface area contributed by atoms with Crippen molar-refractivity contribution >= 4 is 56.8 Å². The summed E-state index contributed by atoms with van der Waals surface area (Å²) < 4.78 is 27.7. The van der Waals surface area contributed by atoms with Crippen LogP contribution in [0.2, 0.25) is 15.1 Å². The van der Waals surface area contributed by atoms with Gasteiger partial charge in [-0.3, -0.25) is 9.59 Å². The van der Waals surface area contributed by atoms with Crippen LogP contribution >= 0.6 is 34.8 Å². The molecule has 2 N–H and O–H groups in total. The number of nitrogens with zero attached hydrogens (tertiary/aromatic N) is 1. The first-order chi connectivity index (χ1) is 16.5. The minimum Gasteiger partial charge on any atom is -0.480 e. The minimum atomic E-state index is -4.53. The van der Waals surface area contributed by atoms with Crippen LogP contribution in [0.3, 0.4) is 0 Å².